The van der Waals surface area contributed by atoms with Gasteiger partial charge in [0.1, 0.15) is 0 Å². The van der Waals surface area contributed by atoms with Gasteiger partial charge in [0, 0.05) is 18.3 Å². The second kappa shape index (κ2) is 7.96. The highest BCUT2D eigenvalue weighted by atomic mass is 19.4. The second-order valence-electron chi connectivity index (χ2n) is 6.21. The Labute approximate surface area is 139 Å². The molecule has 0 amide bonds. The van der Waals surface area contributed by atoms with Gasteiger partial charge in [0.05, 0.1) is 24.3 Å². The molecule has 1 aliphatic rings. The first kappa shape index (κ1) is 18.7. The van der Waals surface area contributed by atoms with Crippen LogP contribution < -0.4 is 5.32 Å². The molecule has 1 aromatic rings. The van der Waals surface area contributed by atoms with Crippen LogP contribution in [0.3, 0.4) is 0 Å². The highest BCUT2D eigenvalue weighted by molar-refractivity contribution is 5.71. The van der Waals surface area contributed by atoms with Crippen molar-refractivity contribution in [3.05, 3.63) is 29.6 Å². The Kier molecular flexibility index (Phi) is 6.21. The van der Waals surface area contributed by atoms with E-state index in [0.29, 0.717) is 18.8 Å². The molecule has 0 unspecified atom stereocenters. The highest BCUT2D eigenvalue weighted by Crippen LogP contribution is 2.32. The van der Waals surface area contributed by atoms with Gasteiger partial charge in [0.25, 0.3) is 0 Å². The van der Waals surface area contributed by atoms with Gasteiger partial charge in [0.15, 0.2) is 0 Å². The minimum Gasteiger partial charge on any atom is -0.466 e. The summed E-state index contributed by atoms with van der Waals surface area (Å²) >= 11 is 0. The molecule has 1 N–H and O–H groups in total. The first-order chi connectivity index (χ1) is 11.3. The molecule has 1 aliphatic carbocycles. The van der Waals surface area contributed by atoms with Gasteiger partial charge in [-0.15, -0.1) is 0 Å². The van der Waals surface area contributed by atoms with Crippen molar-refractivity contribution in [2.75, 3.05) is 6.61 Å². The Hall–Kier alpha value is -1.63. The summed E-state index contributed by atoms with van der Waals surface area (Å²) in [5.74, 6) is -0.243. The average molecular weight is 344 g/mol. The fourth-order valence-corrected chi connectivity index (χ4v) is 3.11. The number of nitrogens with zero attached hydrogens (tertiary/aromatic N) is 1. The fraction of sp³-hybridized carbons (Fsp3) is 0.647. The predicted molar refractivity (Wildman–Crippen MR) is 83.1 cm³/mol. The summed E-state index contributed by atoms with van der Waals surface area (Å²) in [6, 6.07) is 2.40. The predicted octanol–water partition coefficient (Wildman–Crippen LogP) is 3.85. The Balaban J connectivity index is 2.00. The van der Waals surface area contributed by atoms with Gasteiger partial charge in [-0.25, -0.2) is 0 Å². The number of aromatic nitrogens is 1. The van der Waals surface area contributed by atoms with Gasteiger partial charge in [-0.1, -0.05) is 19.3 Å². The smallest absolute Gasteiger partial charge is 0.417 e. The topological polar surface area (TPSA) is 51.2 Å². The van der Waals surface area contributed by atoms with E-state index in [1.165, 1.54) is 6.07 Å². The summed E-state index contributed by atoms with van der Waals surface area (Å²) < 4.78 is 42.8. The first-order valence-electron chi connectivity index (χ1n) is 8.27. The average Bonchev–Trinajstić information content (AvgIpc) is 2.54. The van der Waals surface area contributed by atoms with Gasteiger partial charge in [-0.05, 0) is 31.9 Å². The number of halogens is 3. The van der Waals surface area contributed by atoms with Crippen molar-refractivity contribution in [3.8, 4) is 0 Å². The number of hydrogen-bond donors (Lipinski definition) is 1. The largest absolute Gasteiger partial charge is 0.466 e. The maximum atomic E-state index is 12.6. The minimum absolute atomic E-state index is 0.243. The van der Waals surface area contributed by atoms with Crippen molar-refractivity contribution >= 4 is 5.97 Å². The zero-order valence-electron chi connectivity index (χ0n) is 13.8. The third kappa shape index (κ3) is 5.19. The zero-order valence-corrected chi connectivity index (χ0v) is 13.8. The van der Waals surface area contributed by atoms with E-state index in [2.05, 4.69) is 10.3 Å². The fourth-order valence-electron chi connectivity index (χ4n) is 3.11. The van der Waals surface area contributed by atoms with E-state index in [9.17, 15) is 18.0 Å². The van der Waals surface area contributed by atoms with Gasteiger partial charge < -0.3 is 10.1 Å². The summed E-state index contributed by atoms with van der Waals surface area (Å²) in [4.78, 5) is 15.8. The number of carbonyl (C=O) groups is 1. The lowest BCUT2D eigenvalue weighted by Crippen LogP contribution is -2.48. The van der Waals surface area contributed by atoms with Crippen LogP contribution in [0.4, 0.5) is 13.2 Å². The van der Waals surface area contributed by atoms with Crippen LogP contribution >= 0.6 is 0 Å². The van der Waals surface area contributed by atoms with Gasteiger partial charge in [-0.3, -0.25) is 9.78 Å². The number of nitrogens with one attached hydrogen (secondary N) is 1. The number of alkyl halides is 3. The molecule has 0 aromatic carbocycles. The van der Waals surface area contributed by atoms with Crippen LogP contribution in [0.1, 0.15) is 56.7 Å². The molecule has 4 nitrogen and oxygen atoms in total. The molecule has 24 heavy (non-hydrogen) atoms. The molecule has 0 atom stereocenters. The summed E-state index contributed by atoms with van der Waals surface area (Å²) in [6.45, 7) is 2.44. The second-order valence-corrected chi connectivity index (χ2v) is 6.21. The molecule has 1 aromatic heterocycles. The quantitative estimate of drug-likeness (QED) is 0.797. The summed E-state index contributed by atoms with van der Waals surface area (Å²) in [6.07, 6.45) is 1.62. The molecule has 2 rings (SSSR count). The van der Waals surface area contributed by atoms with E-state index in [1.54, 1.807) is 6.92 Å². The van der Waals surface area contributed by atoms with E-state index in [4.69, 9.17) is 4.74 Å². The Morgan fingerprint density at radius 1 is 1.29 bits per heavy atom. The molecular formula is C17H23F3N2O2. The number of carbonyl (C=O) groups excluding carboxylic acids is 1. The van der Waals surface area contributed by atoms with Gasteiger partial charge >= 0.3 is 12.1 Å². The van der Waals surface area contributed by atoms with Crippen molar-refractivity contribution in [1.29, 1.82) is 0 Å². The third-order valence-electron chi connectivity index (χ3n) is 4.40. The van der Waals surface area contributed by atoms with Crippen LogP contribution in [-0.2, 0) is 22.3 Å². The molecule has 1 fully saturated rings. The van der Waals surface area contributed by atoms with Crippen molar-refractivity contribution in [2.45, 2.75) is 63.7 Å². The lowest BCUT2D eigenvalue weighted by Gasteiger charge is -2.37. The molecule has 0 saturated heterocycles. The van der Waals surface area contributed by atoms with Gasteiger partial charge in [-0.2, -0.15) is 13.2 Å². The molecule has 1 saturated carbocycles. The molecule has 134 valence electrons. The van der Waals surface area contributed by atoms with Crippen LogP contribution in [0.5, 0.6) is 0 Å². The molecule has 7 heteroatoms. The van der Waals surface area contributed by atoms with Crippen molar-refractivity contribution in [3.63, 3.8) is 0 Å². The van der Waals surface area contributed by atoms with Crippen molar-refractivity contribution in [1.82, 2.24) is 10.3 Å². The lowest BCUT2D eigenvalue weighted by molar-refractivity contribution is -0.145. The van der Waals surface area contributed by atoms with E-state index >= 15 is 0 Å². The maximum absolute atomic E-state index is 12.6. The number of hydrogen-bond acceptors (Lipinski definition) is 4. The molecule has 0 bridgehead atoms. The van der Waals surface area contributed by atoms with Crippen molar-refractivity contribution in [2.24, 2.45) is 0 Å². The lowest BCUT2D eigenvalue weighted by atomic mass is 9.79. The molecule has 0 radical (unpaired) electrons. The van der Waals surface area contributed by atoms with Crippen LogP contribution in [0, 0.1) is 0 Å². The standard InChI is InChI=1S/C17H23F3N2O2/c1-2-24-15(23)10-16(8-4-3-5-9-16)22-12-14-7-6-13(11-21-14)17(18,19)20/h6-7,11,22H,2-5,8-10,12H2,1H3. The van der Waals surface area contributed by atoms with Crippen LogP contribution in [-0.4, -0.2) is 23.1 Å². The molecule has 0 aliphatic heterocycles. The van der Waals surface area contributed by atoms with E-state index < -0.39 is 11.7 Å². The van der Waals surface area contributed by atoms with Crippen LogP contribution in [0.2, 0.25) is 0 Å². The Bertz CT molecular complexity index is 538. The number of ether oxygens (including phenoxy) is 1. The summed E-state index contributed by atoms with van der Waals surface area (Å²) in [7, 11) is 0. The third-order valence-corrected chi connectivity index (χ3v) is 4.40. The summed E-state index contributed by atoms with van der Waals surface area (Å²) in [5.41, 5.74) is -0.587. The first-order valence-corrected chi connectivity index (χ1v) is 8.27. The van der Waals surface area contributed by atoms with Crippen LogP contribution in [0.25, 0.3) is 0 Å². The molecule has 1 heterocycles. The van der Waals surface area contributed by atoms with E-state index in [1.807, 2.05) is 0 Å². The number of rotatable bonds is 6. The maximum Gasteiger partial charge on any atom is 0.417 e. The SMILES string of the molecule is CCOC(=O)CC1(NCc2ccc(C(F)(F)F)cn2)CCCCC1. The number of pyridine rings is 1. The normalized spacial score (nSPS) is 17.5. The Morgan fingerprint density at radius 3 is 2.54 bits per heavy atom. The van der Waals surface area contributed by atoms with Gasteiger partial charge in [0.2, 0.25) is 0 Å². The van der Waals surface area contributed by atoms with E-state index in [-0.39, 0.29) is 17.9 Å². The number of esters is 1. The highest BCUT2D eigenvalue weighted by Gasteiger charge is 2.35. The monoisotopic (exact) mass is 344 g/mol. The summed E-state index contributed by atoms with van der Waals surface area (Å²) in [5, 5.41) is 3.35. The molecule has 0 spiro atoms. The van der Waals surface area contributed by atoms with E-state index in [0.717, 1.165) is 44.4 Å². The minimum atomic E-state index is -4.38. The van der Waals surface area contributed by atoms with Crippen molar-refractivity contribution < 1.29 is 22.7 Å². The van der Waals surface area contributed by atoms with Crippen LogP contribution in [0.15, 0.2) is 18.3 Å². The molecular weight excluding hydrogens is 321 g/mol. The Morgan fingerprint density at radius 2 is 2.00 bits per heavy atom. The zero-order chi connectivity index (χ0) is 17.6.